The molecule has 1 atom stereocenters. The van der Waals surface area contributed by atoms with Crippen LogP contribution >= 0.6 is 0 Å². The van der Waals surface area contributed by atoms with Crippen LogP contribution in [0, 0.1) is 6.92 Å². The molecule has 6 heteroatoms. The number of carbonyl (C=O) groups excluding carboxylic acids is 2. The van der Waals surface area contributed by atoms with Gasteiger partial charge in [0.25, 0.3) is 5.91 Å². The van der Waals surface area contributed by atoms with Crippen LogP contribution in [-0.2, 0) is 11.8 Å². The molecule has 1 aliphatic rings. The molecule has 2 heterocycles. The van der Waals surface area contributed by atoms with E-state index in [-0.39, 0.29) is 11.8 Å². The highest BCUT2D eigenvalue weighted by Gasteiger charge is 2.34. The zero-order valence-corrected chi connectivity index (χ0v) is 12.6. The first-order valence-corrected chi connectivity index (χ1v) is 7.23. The second-order valence-corrected chi connectivity index (χ2v) is 5.49. The highest BCUT2D eigenvalue weighted by Crippen LogP contribution is 2.21. The molecule has 3 rings (SSSR count). The molecule has 2 aromatic rings. The van der Waals surface area contributed by atoms with Gasteiger partial charge in [-0.05, 0) is 25.0 Å². The van der Waals surface area contributed by atoms with E-state index in [1.165, 1.54) is 0 Å². The number of carbonyl (C=O) groups is 2. The molecule has 114 valence electrons. The third-order valence-electron chi connectivity index (χ3n) is 3.90. The molecule has 1 N–H and O–H groups in total. The monoisotopic (exact) mass is 298 g/mol. The lowest BCUT2D eigenvalue weighted by atomic mass is 10.1. The molecule has 0 unspecified atom stereocenters. The maximum Gasteiger partial charge on any atom is 0.252 e. The van der Waals surface area contributed by atoms with E-state index in [1.807, 2.05) is 32.2 Å². The molecule has 1 fully saturated rings. The van der Waals surface area contributed by atoms with Crippen LogP contribution in [-0.4, -0.2) is 34.2 Å². The minimum atomic E-state index is -0.479. The summed E-state index contributed by atoms with van der Waals surface area (Å²) in [6.45, 7) is 2.47. The van der Waals surface area contributed by atoms with E-state index >= 15 is 0 Å². The van der Waals surface area contributed by atoms with Crippen LogP contribution < -0.4 is 10.2 Å². The average molecular weight is 298 g/mol. The van der Waals surface area contributed by atoms with E-state index in [2.05, 4.69) is 10.4 Å². The molecule has 1 aliphatic heterocycles. The van der Waals surface area contributed by atoms with Crippen molar-refractivity contribution in [3.63, 3.8) is 0 Å². The van der Waals surface area contributed by atoms with Crippen LogP contribution in [0.3, 0.4) is 0 Å². The normalized spacial score (nSPS) is 17.8. The Kier molecular flexibility index (Phi) is 3.66. The Morgan fingerprint density at radius 2 is 2.14 bits per heavy atom. The van der Waals surface area contributed by atoms with Crippen molar-refractivity contribution < 1.29 is 9.59 Å². The van der Waals surface area contributed by atoms with Crippen molar-refractivity contribution in [1.82, 2.24) is 15.1 Å². The van der Waals surface area contributed by atoms with Crippen molar-refractivity contribution in [1.29, 1.82) is 0 Å². The molecule has 0 spiro atoms. The third-order valence-corrected chi connectivity index (χ3v) is 3.90. The van der Waals surface area contributed by atoms with Crippen LogP contribution in [0.4, 0.5) is 5.69 Å². The van der Waals surface area contributed by atoms with E-state index < -0.39 is 6.04 Å². The van der Waals surface area contributed by atoms with Crippen molar-refractivity contribution in [3.8, 4) is 0 Å². The summed E-state index contributed by atoms with van der Waals surface area (Å²) >= 11 is 0. The van der Waals surface area contributed by atoms with Crippen LogP contribution in [0.1, 0.15) is 22.3 Å². The van der Waals surface area contributed by atoms with Crippen LogP contribution in [0.2, 0.25) is 0 Å². The molecule has 1 aromatic carbocycles. The fourth-order valence-electron chi connectivity index (χ4n) is 2.68. The van der Waals surface area contributed by atoms with Gasteiger partial charge >= 0.3 is 0 Å². The quantitative estimate of drug-likeness (QED) is 0.927. The van der Waals surface area contributed by atoms with Gasteiger partial charge in [0.1, 0.15) is 6.04 Å². The van der Waals surface area contributed by atoms with Gasteiger partial charge < -0.3 is 10.2 Å². The molecule has 0 saturated carbocycles. The first-order valence-electron chi connectivity index (χ1n) is 7.23. The standard InChI is InChI=1S/C16H18N4O2/c1-11-5-3-4-6-13(11)15(21)18-14-7-8-20(16(14)22)12-9-17-19(2)10-12/h3-6,9-10,14H,7-8H2,1-2H3,(H,18,21)/t14-/m0/s1. The summed E-state index contributed by atoms with van der Waals surface area (Å²) in [5.74, 6) is -0.292. The zero-order valence-electron chi connectivity index (χ0n) is 12.6. The topological polar surface area (TPSA) is 67.2 Å². The van der Waals surface area contributed by atoms with E-state index in [1.54, 1.807) is 28.0 Å². The van der Waals surface area contributed by atoms with Gasteiger partial charge in [0, 0.05) is 25.4 Å². The molecule has 0 aliphatic carbocycles. The summed E-state index contributed by atoms with van der Waals surface area (Å²) in [7, 11) is 1.81. The fraction of sp³-hybridized carbons (Fsp3) is 0.312. The van der Waals surface area contributed by atoms with Crippen molar-refractivity contribution in [3.05, 3.63) is 47.8 Å². The first kappa shape index (κ1) is 14.3. The number of benzene rings is 1. The SMILES string of the molecule is Cc1ccccc1C(=O)N[C@H]1CCN(c2cnn(C)c2)C1=O. The summed E-state index contributed by atoms with van der Waals surface area (Å²) < 4.78 is 1.65. The fourth-order valence-corrected chi connectivity index (χ4v) is 2.68. The van der Waals surface area contributed by atoms with Crippen molar-refractivity contribution in [2.75, 3.05) is 11.4 Å². The number of aromatic nitrogens is 2. The number of amides is 2. The van der Waals surface area contributed by atoms with Crippen LogP contribution in [0.5, 0.6) is 0 Å². The molecule has 1 aromatic heterocycles. The number of anilines is 1. The van der Waals surface area contributed by atoms with Crippen LogP contribution in [0.25, 0.3) is 0 Å². The predicted molar refractivity (Wildman–Crippen MR) is 82.6 cm³/mol. The molecule has 0 bridgehead atoms. The van der Waals surface area contributed by atoms with Crippen molar-refractivity contribution >= 4 is 17.5 Å². The van der Waals surface area contributed by atoms with Crippen molar-refractivity contribution in [2.24, 2.45) is 7.05 Å². The van der Waals surface area contributed by atoms with Gasteiger partial charge in [-0.2, -0.15) is 5.10 Å². The van der Waals surface area contributed by atoms with Gasteiger partial charge in [0.05, 0.1) is 11.9 Å². The molecule has 1 saturated heterocycles. The maximum absolute atomic E-state index is 12.4. The number of nitrogens with zero attached hydrogens (tertiary/aromatic N) is 3. The van der Waals surface area contributed by atoms with Crippen molar-refractivity contribution in [2.45, 2.75) is 19.4 Å². The second kappa shape index (κ2) is 5.63. The Morgan fingerprint density at radius 1 is 1.36 bits per heavy atom. The van der Waals surface area contributed by atoms with E-state index in [9.17, 15) is 9.59 Å². The maximum atomic E-state index is 12.4. The number of hydrogen-bond acceptors (Lipinski definition) is 3. The first-order chi connectivity index (χ1) is 10.6. The Hall–Kier alpha value is -2.63. The van der Waals surface area contributed by atoms with E-state index in [0.717, 1.165) is 11.3 Å². The highest BCUT2D eigenvalue weighted by atomic mass is 16.2. The lowest BCUT2D eigenvalue weighted by molar-refractivity contribution is -0.118. The third kappa shape index (κ3) is 2.59. The summed E-state index contributed by atoms with van der Waals surface area (Å²) in [5, 5.41) is 6.91. The van der Waals surface area contributed by atoms with E-state index in [0.29, 0.717) is 18.5 Å². The predicted octanol–water partition coefficient (Wildman–Crippen LogP) is 1.26. The Balaban J connectivity index is 1.71. The minimum absolute atomic E-state index is 0.0880. The lowest BCUT2D eigenvalue weighted by Gasteiger charge is -2.15. The number of rotatable bonds is 3. The summed E-state index contributed by atoms with van der Waals surface area (Å²) in [4.78, 5) is 26.4. The van der Waals surface area contributed by atoms with Gasteiger partial charge in [-0.1, -0.05) is 18.2 Å². The summed E-state index contributed by atoms with van der Waals surface area (Å²) in [6, 6.07) is 6.88. The Morgan fingerprint density at radius 3 is 2.82 bits per heavy atom. The van der Waals surface area contributed by atoms with Crippen LogP contribution in [0.15, 0.2) is 36.7 Å². The van der Waals surface area contributed by atoms with Gasteiger partial charge in [-0.3, -0.25) is 14.3 Å². The molecule has 0 radical (unpaired) electrons. The second-order valence-electron chi connectivity index (χ2n) is 5.49. The molecule has 2 amide bonds. The van der Waals surface area contributed by atoms with Gasteiger partial charge in [-0.25, -0.2) is 0 Å². The Labute approximate surface area is 128 Å². The number of hydrogen-bond donors (Lipinski definition) is 1. The summed E-state index contributed by atoms with van der Waals surface area (Å²) in [6.07, 6.45) is 4.05. The summed E-state index contributed by atoms with van der Waals surface area (Å²) in [5.41, 5.74) is 2.27. The van der Waals surface area contributed by atoms with E-state index in [4.69, 9.17) is 0 Å². The zero-order chi connectivity index (χ0) is 15.7. The molecule has 22 heavy (non-hydrogen) atoms. The Bertz CT molecular complexity index is 722. The average Bonchev–Trinajstić information content (AvgIpc) is 3.06. The number of nitrogens with one attached hydrogen (secondary N) is 1. The molecular weight excluding hydrogens is 280 g/mol. The smallest absolute Gasteiger partial charge is 0.252 e. The highest BCUT2D eigenvalue weighted by molar-refractivity contribution is 6.04. The molecular formula is C16H18N4O2. The lowest BCUT2D eigenvalue weighted by Crippen LogP contribution is -2.41. The van der Waals surface area contributed by atoms with Gasteiger partial charge in [0.2, 0.25) is 5.91 Å². The van der Waals surface area contributed by atoms with Gasteiger partial charge in [0.15, 0.2) is 0 Å². The molecule has 6 nitrogen and oxygen atoms in total. The number of aryl methyl sites for hydroxylation is 2. The van der Waals surface area contributed by atoms with Gasteiger partial charge in [-0.15, -0.1) is 0 Å². The largest absolute Gasteiger partial charge is 0.340 e. The minimum Gasteiger partial charge on any atom is -0.340 e.